The van der Waals surface area contributed by atoms with Crippen molar-refractivity contribution < 1.29 is 33.3 Å². The third-order valence-corrected chi connectivity index (χ3v) is 3.38. The van der Waals surface area contributed by atoms with Crippen molar-refractivity contribution in [2.24, 2.45) is 0 Å². The minimum Gasteiger partial charge on any atom is -0.453 e. The molecule has 0 spiro atoms. The van der Waals surface area contributed by atoms with Gasteiger partial charge in [0.05, 0.1) is 25.0 Å². The van der Waals surface area contributed by atoms with Crippen LogP contribution in [0.4, 0.5) is 4.39 Å². The van der Waals surface area contributed by atoms with Crippen LogP contribution in [0.25, 0.3) is 0 Å². The third kappa shape index (κ3) is 2.83. The van der Waals surface area contributed by atoms with Gasteiger partial charge < -0.3 is 19.0 Å². The van der Waals surface area contributed by atoms with E-state index in [0.29, 0.717) is 0 Å². The molecule has 0 unspecified atom stereocenters. The molecule has 9 nitrogen and oxygen atoms in total. The number of fused-ring (bicyclic) bond motifs is 1. The molecular formula is C12H11FN2O7. The van der Waals surface area contributed by atoms with E-state index in [4.69, 9.17) is 14.2 Å². The summed E-state index contributed by atoms with van der Waals surface area (Å²) in [6.45, 7) is -0.0206. The van der Waals surface area contributed by atoms with Gasteiger partial charge in [-0.05, 0) is 6.07 Å². The molecule has 1 aromatic rings. The summed E-state index contributed by atoms with van der Waals surface area (Å²) in [7, 11) is 0. The van der Waals surface area contributed by atoms with Crippen molar-refractivity contribution in [2.45, 2.75) is 24.4 Å². The van der Waals surface area contributed by atoms with Crippen LogP contribution in [-0.2, 0) is 19.0 Å². The number of aromatic nitrogens is 1. The summed E-state index contributed by atoms with van der Waals surface area (Å²) in [5, 5.41) is 9.45. The molecule has 0 saturated carbocycles. The second-order valence-corrected chi connectivity index (χ2v) is 4.80. The number of carbonyl (C=O) groups excluding carboxylic acids is 1. The average molecular weight is 314 g/mol. The molecule has 10 heteroatoms. The number of hydrogen-bond donors (Lipinski definition) is 0. The molecule has 4 atom stereocenters. The average Bonchev–Trinajstić information content (AvgIpc) is 3.03. The molecule has 3 rings (SSSR count). The Morgan fingerprint density at radius 2 is 2.00 bits per heavy atom. The molecule has 1 aromatic heterocycles. The van der Waals surface area contributed by atoms with Crippen LogP contribution in [0.1, 0.15) is 10.4 Å². The highest BCUT2D eigenvalue weighted by atomic mass is 19.1. The van der Waals surface area contributed by atoms with Crippen LogP contribution in [-0.4, -0.2) is 53.7 Å². The summed E-state index contributed by atoms with van der Waals surface area (Å²) < 4.78 is 28.9. The number of carbonyl (C=O) groups is 1. The second kappa shape index (κ2) is 5.81. The van der Waals surface area contributed by atoms with Crippen molar-refractivity contribution in [3.63, 3.8) is 0 Å². The van der Waals surface area contributed by atoms with Crippen molar-refractivity contribution >= 4 is 5.97 Å². The number of hydrogen-bond acceptors (Lipinski definition) is 8. The van der Waals surface area contributed by atoms with Gasteiger partial charge in [-0.3, -0.25) is 4.98 Å². The smallest absolute Gasteiger partial charge is 0.340 e. The Bertz CT molecular complexity index is 599. The molecule has 118 valence electrons. The van der Waals surface area contributed by atoms with Gasteiger partial charge in [0.2, 0.25) is 0 Å². The van der Waals surface area contributed by atoms with E-state index in [1.807, 2.05) is 0 Å². The molecule has 0 bridgehead atoms. The van der Waals surface area contributed by atoms with Gasteiger partial charge in [0.15, 0.2) is 12.2 Å². The molecule has 0 aromatic carbocycles. The quantitative estimate of drug-likeness (QED) is 0.438. The van der Waals surface area contributed by atoms with E-state index in [-0.39, 0.29) is 18.8 Å². The van der Waals surface area contributed by atoms with Crippen molar-refractivity contribution in [3.05, 3.63) is 40.0 Å². The monoisotopic (exact) mass is 314 g/mol. The molecule has 2 aliphatic heterocycles. The van der Waals surface area contributed by atoms with Gasteiger partial charge in [0.1, 0.15) is 18.0 Å². The third-order valence-electron chi connectivity index (χ3n) is 3.38. The number of pyridine rings is 1. The molecule has 3 heterocycles. The number of halogens is 1. The van der Waals surface area contributed by atoms with Crippen LogP contribution in [0, 0.1) is 15.9 Å². The Morgan fingerprint density at radius 3 is 2.68 bits per heavy atom. The highest BCUT2D eigenvalue weighted by molar-refractivity contribution is 5.89. The van der Waals surface area contributed by atoms with Crippen molar-refractivity contribution in [3.8, 4) is 0 Å². The topological polar surface area (TPSA) is 110 Å². The molecule has 2 saturated heterocycles. The Labute approximate surface area is 123 Å². The van der Waals surface area contributed by atoms with E-state index >= 15 is 0 Å². The largest absolute Gasteiger partial charge is 0.453 e. The number of rotatable bonds is 4. The van der Waals surface area contributed by atoms with Crippen LogP contribution >= 0.6 is 0 Å². The molecule has 0 N–H and O–H groups in total. The lowest BCUT2D eigenvalue weighted by Crippen LogP contribution is -2.35. The SMILES string of the molecule is O=C(O[C@H]1CO[C@H]2[C@@H]1OC[C@H]2O[N+](=O)[O-])c1cncc(F)c1. The predicted octanol–water partition coefficient (Wildman–Crippen LogP) is 0.121. The summed E-state index contributed by atoms with van der Waals surface area (Å²) in [6, 6.07) is 0.997. The Kier molecular flexibility index (Phi) is 3.86. The van der Waals surface area contributed by atoms with Crippen LogP contribution < -0.4 is 0 Å². The normalized spacial score (nSPS) is 29.9. The van der Waals surface area contributed by atoms with E-state index in [9.17, 15) is 19.3 Å². The molecule has 0 aliphatic carbocycles. The zero-order valence-corrected chi connectivity index (χ0v) is 11.1. The van der Waals surface area contributed by atoms with Gasteiger partial charge in [-0.1, -0.05) is 0 Å². The van der Waals surface area contributed by atoms with Crippen LogP contribution in [0.3, 0.4) is 0 Å². The summed E-state index contributed by atoms with van der Waals surface area (Å²) in [5.41, 5.74) is -0.0421. The van der Waals surface area contributed by atoms with Gasteiger partial charge >= 0.3 is 5.97 Å². The van der Waals surface area contributed by atoms with Crippen molar-refractivity contribution in [2.75, 3.05) is 13.2 Å². The minimum absolute atomic E-state index is 0.0153. The summed E-state index contributed by atoms with van der Waals surface area (Å²) in [4.78, 5) is 30.3. The predicted molar refractivity (Wildman–Crippen MR) is 64.7 cm³/mol. The fourth-order valence-corrected chi connectivity index (χ4v) is 2.46. The summed E-state index contributed by atoms with van der Waals surface area (Å²) in [5.74, 6) is -1.44. The lowest BCUT2D eigenvalue weighted by Gasteiger charge is -2.16. The maximum atomic E-state index is 13.0. The van der Waals surface area contributed by atoms with Crippen molar-refractivity contribution in [1.29, 1.82) is 0 Å². The molecular weight excluding hydrogens is 303 g/mol. The van der Waals surface area contributed by atoms with E-state index in [2.05, 4.69) is 9.82 Å². The maximum absolute atomic E-state index is 13.0. The van der Waals surface area contributed by atoms with Gasteiger partial charge in [0.25, 0.3) is 5.09 Å². The number of nitrogens with zero attached hydrogens (tertiary/aromatic N) is 2. The Morgan fingerprint density at radius 1 is 1.32 bits per heavy atom. The van der Waals surface area contributed by atoms with Gasteiger partial charge in [-0.2, -0.15) is 0 Å². The van der Waals surface area contributed by atoms with Gasteiger partial charge in [0, 0.05) is 6.20 Å². The Balaban J connectivity index is 1.63. The van der Waals surface area contributed by atoms with E-state index in [1.54, 1.807) is 0 Å². The van der Waals surface area contributed by atoms with E-state index < -0.39 is 41.3 Å². The molecule has 0 amide bonds. The fourth-order valence-electron chi connectivity index (χ4n) is 2.46. The summed E-state index contributed by atoms with van der Waals surface area (Å²) in [6.07, 6.45) is -0.817. The first-order valence-corrected chi connectivity index (χ1v) is 6.40. The fraction of sp³-hybridized carbons (Fsp3) is 0.500. The van der Waals surface area contributed by atoms with Crippen LogP contribution in [0.2, 0.25) is 0 Å². The first-order valence-electron chi connectivity index (χ1n) is 6.40. The summed E-state index contributed by atoms with van der Waals surface area (Å²) >= 11 is 0. The van der Waals surface area contributed by atoms with E-state index in [1.165, 1.54) is 6.20 Å². The van der Waals surface area contributed by atoms with E-state index in [0.717, 1.165) is 12.3 Å². The number of ether oxygens (including phenoxy) is 3. The van der Waals surface area contributed by atoms with Crippen LogP contribution in [0.5, 0.6) is 0 Å². The van der Waals surface area contributed by atoms with Gasteiger partial charge in [-0.25, -0.2) is 9.18 Å². The molecule has 2 aliphatic rings. The lowest BCUT2D eigenvalue weighted by atomic mass is 10.1. The van der Waals surface area contributed by atoms with Crippen LogP contribution in [0.15, 0.2) is 18.5 Å². The highest BCUT2D eigenvalue weighted by Gasteiger charge is 2.51. The lowest BCUT2D eigenvalue weighted by molar-refractivity contribution is -0.769. The Hall–Kier alpha value is -2.33. The first kappa shape index (κ1) is 14.6. The highest BCUT2D eigenvalue weighted by Crippen LogP contribution is 2.30. The standard InChI is InChI=1S/C12H11FN2O7/c13-7-1-6(2-14-3-7)12(16)21-8-4-19-11-9(22-15(17)18)5-20-10(8)11/h1-3,8-11H,4-5H2/t8-,9+,10+,11+/m0/s1. The second-order valence-electron chi connectivity index (χ2n) is 4.80. The molecule has 2 fully saturated rings. The van der Waals surface area contributed by atoms with Gasteiger partial charge in [-0.15, -0.1) is 10.1 Å². The first-order chi connectivity index (χ1) is 10.5. The zero-order chi connectivity index (χ0) is 15.7. The minimum atomic E-state index is -0.919. The zero-order valence-electron chi connectivity index (χ0n) is 11.1. The molecule has 0 radical (unpaired) electrons. The number of esters is 1. The maximum Gasteiger partial charge on any atom is 0.340 e. The van der Waals surface area contributed by atoms with Crippen molar-refractivity contribution in [1.82, 2.24) is 4.98 Å². The molecule has 22 heavy (non-hydrogen) atoms.